The lowest BCUT2D eigenvalue weighted by Crippen LogP contribution is -2.45. The second kappa shape index (κ2) is 5.04. The fourth-order valence-corrected chi connectivity index (χ4v) is 3.38. The Balaban J connectivity index is 1.66. The zero-order chi connectivity index (χ0) is 13.3. The van der Waals surface area contributed by atoms with Gasteiger partial charge in [-0.2, -0.15) is 0 Å². The lowest BCUT2D eigenvalue weighted by molar-refractivity contribution is 0.0958. The van der Waals surface area contributed by atoms with E-state index in [0.717, 1.165) is 31.9 Å². The van der Waals surface area contributed by atoms with Gasteiger partial charge in [-0.15, -0.1) is 0 Å². The van der Waals surface area contributed by atoms with Crippen molar-refractivity contribution in [3.05, 3.63) is 23.8 Å². The van der Waals surface area contributed by atoms with Gasteiger partial charge in [0.15, 0.2) is 0 Å². The first-order valence-electron chi connectivity index (χ1n) is 7.46. The molecule has 3 heteroatoms. The predicted molar refractivity (Wildman–Crippen MR) is 79.0 cm³/mol. The Morgan fingerprint density at radius 1 is 1.42 bits per heavy atom. The molecule has 2 aliphatic heterocycles. The third-order valence-corrected chi connectivity index (χ3v) is 4.63. The Morgan fingerprint density at radius 2 is 2.32 bits per heavy atom. The average molecular weight is 260 g/mol. The molecule has 0 aliphatic carbocycles. The highest BCUT2D eigenvalue weighted by Gasteiger charge is 2.36. The SMILES string of the molecule is CCN1CCCC1(C)COc1ccc2c(c1)NCC2. The summed E-state index contributed by atoms with van der Waals surface area (Å²) in [6.07, 6.45) is 3.67. The van der Waals surface area contributed by atoms with Crippen molar-refractivity contribution in [3.63, 3.8) is 0 Å². The highest BCUT2D eigenvalue weighted by atomic mass is 16.5. The van der Waals surface area contributed by atoms with E-state index < -0.39 is 0 Å². The van der Waals surface area contributed by atoms with Crippen LogP contribution >= 0.6 is 0 Å². The molecule has 2 aliphatic rings. The zero-order valence-corrected chi connectivity index (χ0v) is 12.0. The van der Waals surface area contributed by atoms with Crippen LogP contribution < -0.4 is 10.1 Å². The molecule has 0 aromatic heterocycles. The Labute approximate surface area is 115 Å². The van der Waals surface area contributed by atoms with Crippen LogP contribution in [0.4, 0.5) is 5.69 Å². The number of ether oxygens (including phenoxy) is 1. The molecule has 1 atom stereocenters. The van der Waals surface area contributed by atoms with Crippen molar-refractivity contribution in [1.82, 2.24) is 4.90 Å². The van der Waals surface area contributed by atoms with Crippen LogP contribution in [0.3, 0.4) is 0 Å². The summed E-state index contributed by atoms with van der Waals surface area (Å²) < 4.78 is 6.07. The first-order chi connectivity index (χ1) is 9.21. The van der Waals surface area contributed by atoms with Gasteiger partial charge in [0.05, 0.1) is 5.54 Å². The zero-order valence-electron chi connectivity index (χ0n) is 12.0. The second-order valence-electron chi connectivity index (χ2n) is 5.96. The van der Waals surface area contributed by atoms with Crippen molar-refractivity contribution in [1.29, 1.82) is 0 Å². The maximum absolute atomic E-state index is 6.07. The molecule has 1 saturated heterocycles. The van der Waals surface area contributed by atoms with E-state index in [0.29, 0.717) is 0 Å². The van der Waals surface area contributed by atoms with Crippen LogP contribution in [0.25, 0.3) is 0 Å². The lowest BCUT2D eigenvalue weighted by atomic mass is 10.0. The summed E-state index contributed by atoms with van der Waals surface area (Å²) in [6, 6.07) is 6.45. The minimum absolute atomic E-state index is 0.210. The molecule has 0 amide bonds. The largest absolute Gasteiger partial charge is 0.492 e. The number of nitrogens with one attached hydrogen (secondary N) is 1. The minimum atomic E-state index is 0.210. The Bertz CT molecular complexity index is 460. The maximum atomic E-state index is 6.07. The fraction of sp³-hybridized carbons (Fsp3) is 0.625. The summed E-state index contributed by atoms with van der Waals surface area (Å²) in [5.41, 5.74) is 2.87. The van der Waals surface area contributed by atoms with Gasteiger partial charge in [-0.3, -0.25) is 4.90 Å². The number of benzene rings is 1. The summed E-state index contributed by atoms with van der Waals surface area (Å²) in [6.45, 7) is 8.74. The van der Waals surface area contributed by atoms with Crippen LogP contribution in [0.5, 0.6) is 5.75 Å². The van der Waals surface area contributed by atoms with Gasteiger partial charge in [0.25, 0.3) is 0 Å². The van der Waals surface area contributed by atoms with Gasteiger partial charge in [-0.05, 0) is 50.9 Å². The number of nitrogens with zero attached hydrogens (tertiary/aromatic N) is 1. The van der Waals surface area contributed by atoms with Gasteiger partial charge < -0.3 is 10.1 Å². The number of anilines is 1. The predicted octanol–water partition coefficient (Wildman–Crippen LogP) is 2.91. The lowest BCUT2D eigenvalue weighted by Gasteiger charge is -2.34. The van der Waals surface area contributed by atoms with Gasteiger partial charge in [-0.1, -0.05) is 13.0 Å². The van der Waals surface area contributed by atoms with Crippen molar-refractivity contribution in [3.8, 4) is 5.75 Å². The molecule has 19 heavy (non-hydrogen) atoms. The molecule has 1 aromatic rings. The van der Waals surface area contributed by atoms with Gasteiger partial charge in [0, 0.05) is 18.3 Å². The van der Waals surface area contributed by atoms with E-state index in [2.05, 4.69) is 42.3 Å². The number of likely N-dealkylation sites (tertiary alicyclic amines) is 1. The van der Waals surface area contributed by atoms with Crippen LogP contribution in [0, 0.1) is 0 Å². The van der Waals surface area contributed by atoms with Crippen molar-refractivity contribution >= 4 is 5.69 Å². The number of rotatable bonds is 4. The second-order valence-corrected chi connectivity index (χ2v) is 5.96. The molecule has 0 radical (unpaired) electrons. The molecular formula is C16H24N2O. The smallest absolute Gasteiger partial charge is 0.121 e. The number of fused-ring (bicyclic) bond motifs is 1. The third-order valence-electron chi connectivity index (χ3n) is 4.63. The molecule has 0 saturated carbocycles. The van der Waals surface area contributed by atoms with E-state index >= 15 is 0 Å². The Hall–Kier alpha value is -1.22. The normalized spacial score (nSPS) is 26.2. The number of likely N-dealkylation sites (N-methyl/N-ethyl adjacent to an activating group) is 1. The number of hydrogen-bond acceptors (Lipinski definition) is 3. The van der Waals surface area contributed by atoms with Crippen LogP contribution in [0.2, 0.25) is 0 Å². The van der Waals surface area contributed by atoms with Gasteiger partial charge >= 0.3 is 0 Å². The van der Waals surface area contributed by atoms with E-state index in [1.807, 2.05) is 0 Å². The van der Waals surface area contributed by atoms with E-state index in [1.165, 1.54) is 30.6 Å². The molecule has 1 fully saturated rings. The summed E-state index contributed by atoms with van der Waals surface area (Å²) in [5.74, 6) is 0.998. The molecule has 3 rings (SSSR count). The van der Waals surface area contributed by atoms with E-state index in [-0.39, 0.29) is 5.54 Å². The monoisotopic (exact) mass is 260 g/mol. The standard InChI is InChI=1S/C16H24N2O/c1-3-18-10-4-8-16(18,2)12-19-14-6-5-13-7-9-17-15(13)11-14/h5-6,11,17H,3-4,7-10,12H2,1-2H3. The van der Waals surface area contributed by atoms with Crippen LogP contribution in [-0.4, -0.2) is 36.7 Å². The maximum Gasteiger partial charge on any atom is 0.121 e. The van der Waals surface area contributed by atoms with E-state index in [1.54, 1.807) is 0 Å². The molecule has 1 unspecified atom stereocenters. The molecule has 2 heterocycles. The van der Waals surface area contributed by atoms with Crippen LogP contribution in [0.15, 0.2) is 18.2 Å². The summed E-state index contributed by atoms with van der Waals surface area (Å²) in [4.78, 5) is 2.54. The molecule has 104 valence electrons. The first kappa shape index (κ1) is 12.8. The molecule has 1 aromatic carbocycles. The van der Waals surface area contributed by atoms with Crippen LogP contribution in [0.1, 0.15) is 32.3 Å². The topological polar surface area (TPSA) is 24.5 Å². The van der Waals surface area contributed by atoms with Gasteiger partial charge in [-0.25, -0.2) is 0 Å². The van der Waals surface area contributed by atoms with Gasteiger partial charge in [0.2, 0.25) is 0 Å². The van der Waals surface area contributed by atoms with Gasteiger partial charge in [0.1, 0.15) is 12.4 Å². The average Bonchev–Trinajstić information content (AvgIpc) is 3.02. The molecule has 0 bridgehead atoms. The van der Waals surface area contributed by atoms with Crippen molar-refractivity contribution in [2.75, 3.05) is 31.6 Å². The highest BCUT2D eigenvalue weighted by Crippen LogP contribution is 2.31. The summed E-state index contributed by atoms with van der Waals surface area (Å²) in [5, 5.41) is 3.41. The third kappa shape index (κ3) is 2.44. The minimum Gasteiger partial charge on any atom is -0.492 e. The van der Waals surface area contributed by atoms with Crippen molar-refractivity contribution in [2.24, 2.45) is 0 Å². The Kier molecular flexibility index (Phi) is 3.40. The fourth-order valence-electron chi connectivity index (χ4n) is 3.38. The summed E-state index contributed by atoms with van der Waals surface area (Å²) in [7, 11) is 0. The number of hydrogen-bond donors (Lipinski definition) is 1. The summed E-state index contributed by atoms with van der Waals surface area (Å²) >= 11 is 0. The van der Waals surface area contributed by atoms with Crippen molar-refractivity contribution < 1.29 is 4.74 Å². The van der Waals surface area contributed by atoms with Crippen molar-refractivity contribution in [2.45, 2.75) is 38.6 Å². The van der Waals surface area contributed by atoms with E-state index in [4.69, 9.17) is 4.74 Å². The Morgan fingerprint density at radius 3 is 3.16 bits per heavy atom. The molecule has 0 spiro atoms. The van der Waals surface area contributed by atoms with Crippen LogP contribution in [-0.2, 0) is 6.42 Å². The first-order valence-corrected chi connectivity index (χ1v) is 7.46. The molecule has 3 nitrogen and oxygen atoms in total. The molecule has 1 N–H and O–H groups in total. The highest BCUT2D eigenvalue weighted by molar-refractivity contribution is 5.58. The molecular weight excluding hydrogens is 236 g/mol. The van der Waals surface area contributed by atoms with E-state index in [9.17, 15) is 0 Å². The quantitative estimate of drug-likeness (QED) is 0.901.